The van der Waals surface area contributed by atoms with E-state index >= 15 is 0 Å². The minimum atomic E-state index is 0.319. The Bertz CT molecular complexity index is 768. The lowest BCUT2D eigenvalue weighted by molar-refractivity contribution is 0.107. The first kappa shape index (κ1) is 19.0. The second-order valence-electron chi connectivity index (χ2n) is 6.88. The van der Waals surface area contributed by atoms with Gasteiger partial charge in [0.05, 0.1) is 0 Å². The topological polar surface area (TPSA) is 73.0 Å². The molecule has 1 saturated heterocycles. The predicted molar refractivity (Wildman–Crippen MR) is 108 cm³/mol. The summed E-state index contributed by atoms with van der Waals surface area (Å²) < 4.78 is 5.74. The third kappa shape index (κ3) is 5.36. The summed E-state index contributed by atoms with van der Waals surface area (Å²) in [5, 5.41) is 3.97. The van der Waals surface area contributed by atoms with Gasteiger partial charge in [-0.2, -0.15) is 0 Å². The zero-order valence-corrected chi connectivity index (χ0v) is 16.1. The third-order valence-corrected chi connectivity index (χ3v) is 4.66. The molecule has 144 valence electrons. The number of rotatable bonds is 7. The summed E-state index contributed by atoms with van der Waals surface area (Å²) in [7, 11) is 0. The van der Waals surface area contributed by atoms with Crippen molar-refractivity contribution in [2.75, 3.05) is 31.2 Å². The number of oxime groups is 1. The minimum absolute atomic E-state index is 0.319. The van der Waals surface area contributed by atoms with Gasteiger partial charge in [-0.1, -0.05) is 17.3 Å². The molecule has 0 atom stereocenters. The molecule has 0 radical (unpaired) electrons. The highest BCUT2D eigenvalue weighted by Gasteiger charge is 2.12. The zero-order chi connectivity index (χ0) is 19.1. The normalized spacial score (nSPS) is 14.9. The van der Waals surface area contributed by atoms with Crippen molar-refractivity contribution in [1.82, 2.24) is 4.98 Å². The lowest BCUT2D eigenvalue weighted by Gasteiger charge is -2.27. The number of nitrogens with two attached hydrogens (primary N) is 1. The van der Waals surface area contributed by atoms with E-state index in [1.54, 1.807) is 6.20 Å². The molecule has 27 heavy (non-hydrogen) atoms. The fourth-order valence-electron chi connectivity index (χ4n) is 3.07. The number of piperidine rings is 1. The molecule has 2 aromatic rings. The average molecular weight is 368 g/mol. The molecule has 6 nitrogen and oxygen atoms in total. The van der Waals surface area contributed by atoms with E-state index in [9.17, 15) is 0 Å². The van der Waals surface area contributed by atoms with E-state index in [1.165, 1.54) is 24.8 Å². The first-order valence-electron chi connectivity index (χ1n) is 9.50. The van der Waals surface area contributed by atoms with Crippen LogP contribution in [0.1, 0.15) is 36.0 Å². The molecule has 1 aromatic heterocycles. The van der Waals surface area contributed by atoms with Crippen LogP contribution in [-0.2, 0) is 4.84 Å². The van der Waals surface area contributed by atoms with Gasteiger partial charge in [0.1, 0.15) is 18.2 Å². The lowest BCUT2D eigenvalue weighted by atomic mass is 10.1. The SMILES string of the molecule is Cc1ccc(C)c(OCCON=C(N)c2ccc(N3CCCCC3)nc2)c1. The second-order valence-corrected chi connectivity index (χ2v) is 6.88. The van der Waals surface area contributed by atoms with Gasteiger partial charge < -0.3 is 20.2 Å². The third-order valence-electron chi connectivity index (χ3n) is 4.66. The van der Waals surface area contributed by atoms with Crippen LogP contribution in [0.4, 0.5) is 5.82 Å². The quantitative estimate of drug-likeness (QED) is 0.351. The number of hydrogen-bond donors (Lipinski definition) is 1. The lowest BCUT2D eigenvalue weighted by Crippen LogP contribution is -2.30. The van der Waals surface area contributed by atoms with Crippen molar-refractivity contribution in [2.45, 2.75) is 33.1 Å². The van der Waals surface area contributed by atoms with Crippen LogP contribution in [0.2, 0.25) is 0 Å². The van der Waals surface area contributed by atoms with Crippen molar-refractivity contribution in [3.8, 4) is 5.75 Å². The number of ether oxygens (including phenoxy) is 1. The molecule has 6 heteroatoms. The van der Waals surface area contributed by atoms with Crippen LogP contribution >= 0.6 is 0 Å². The summed E-state index contributed by atoms with van der Waals surface area (Å²) in [6, 6.07) is 10.1. The Kier molecular flexibility index (Phi) is 6.52. The van der Waals surface area contributed by atoms with E-state index < -0.39 is 0 Å². The van der Waals surface area contributed by atoms with Crippen LogP contribution in [0.5, 0.6) is 5.75 Å². The number of aromatic nitrogens is 1. The van der Waals surface area contributed by atoms with Crippen LogP contribution in [0.3, 0.4) is 0 Å². The van der Waals surface area contributed by atoms with Crippen molar-refractivity contribution in [2.24, 2.45) is 10.9 Å². The molecule has 0 spiro atoms. The number of pyridine rings is 1. The second kappa shape index (κ2) is 9.26. The number of benzene rings is 1. The first-order valence-corrected chi connectivity index (χ1v) is 9.50. The Morgan fingerprint density at radius 2 is 1.93 bits per heavy atom. The Hall–Kier alpha value is -2.76. The maximum absolute atomic E-state index is 5.99. The number of anilines is 1. The number of hydrogen-bond acceptors (Lipinski definition) is 5. The molecule has 1 fully saturated rings. The van der Waals surface area contributed by atoms with Gasteiger partial charge in [0.15, 0.2) is 12.4 Å². The van der Waals surface area contributed by atoms with Gasteiger partial charge in [-0.3, -0.25) is 0 Å². The summed E-state index contributed by atoms with van der Waals surface area (Å²) in [5.41, 5.74) is 9.01. The molecule has 1 aromatic carbocycles. The molecule has 0 unspecified atom stereocenters. The largest absolute Gasteiger partial charge is 0.490 e. The van der Waals surface area contributed by atoms with Crippen LogP contribution in [0.15, 0.2) is 41.7 Å². The summed E-state index contributed by atoms with van der Waals surface area (Å²) in [4.78, 5) is 12.1. The first-order chi connectivity index (χ1) is 13.1. The van der Waals surface area contributed by atoms with E-state index in [1.807, 2.05) is 38.1 Å². The monoisotopic (exact) mass is 368 g/mol. The van der Waals surface area contributed by atoms with Gasteiger partial charge in [0.2, 0.25) is 0 Å². The summed E-state index contributed by atoms with van der Waals surface area (Å²) >= 11 is 0. The minimum Gasteiger partial charge on any atom is -0.490 e. The Labute approximate surface area is 161 Å². The molecule has 0 bridgehead atoms. The van der Waals surface area contributed by atoms with Crippen molar-refractivity contribution in [1.29, 1.82) is 0 Å². The highest BCUT2D eigenvalue weighted by Crippen LogP contribution is 2.19. The van der Waals surface area contributed by atoms with E-state index in [0.29, 0.717) is 19.0 Å². The van der Waals surface area contributed by atoms with E-state index in [0.717, 1.165) is 35.8 Å². The molecule has 0 saturated carbocycles. The van der Waals surface area contributed by atoms with Gasteiger partial charge in [-0.15, -0.1) is 0 Å². The Morgan fingerprint density at radius 3 is 2.67 bits per heavy atom. The van der Waals surface area contributed by atoms with Crippen LogP contribution < -0.4 is 15.4 Å². The average Bonchev–Trinajstić information content (AvgIpc) is 2.71. The van der Waals surface area contributed by atoms with Gasteiger partial charge >= 0.3 is 0 Å². The predicted octanol–water partition coefficient (Wildman–Crippen LogP) is 3.40. The molecule has 2 heterocycles. The fraction of sp³-hybridized carbons (Fsp3) is 0.429. The highest BCUT2D eigenvalue weighted by molar-refractivity contribution is 5.96. The molecule has 3 rings (SSSR count). The van der Waals surface area contributed by atoms with Crippen LogP contribution in [0, 0.1) is 13.8 Å². The standard InChI is InChI=1S/C21H28N4O2/c1-16-6-7-17(2)19(14-16)26-12-13-27-24-21(22)18-8-9-20(23-15-18)25-10-4-3-5-11-25/h6-9,14-15H,3-5,10-13H2,1-2H3,(H2,22,24). The van der Waals surface area contributed by atoms with Crippen molar-refractivity contribution in [3.63, 3.8) is 0 Å². The van der Waals surface area contributed by atoms with E-state index in [-0.39, 0.29) is 0 Å². The number of nitrogens with zero attached hydrogens (tertiary/aromatic N) is 3. The molecular formula is C21H28N4O2. The maximum Gasteiger partial charge on any atom is 0.171 e. The number of aryl methyl sites for hydroxylation is 2. The maximum atomic E-state index is 5.99. The molecule has 1 aliphatic rings. The molecule has 1 aliphatic heterocycles. The van der Waals surface area contributed by atoms with Crippen LogP contribution in [-0.4, -0.2) is 37.1 Å². The van der Waals surface area contributed by atoms with Gasteiger partial charge in [-0.25, -0.2) is 4.98 Å². The van der Waals surface area contributed by atoms with Crippen molar-refractivity contribution < 1.29 is 9.57 Å². The van der Waals surface area contributed by atoms with Gasteiger partial charge in [0.25, 0.3) is 0 Å². The zero-order valence-electron chi connectivity index (χ0n) is 16.1. The summed E-state index contributed by atoms with van der Waals surface area (Å²) in [6.45, 7) is 6.93. The summed E-state index contributed by atoms with van der Waals surface area (Å²) in [5.74, 6) is 2.18. The van der Waals surface area contributed by atoms with Gasteiger partial charge in [-0.05, 0) is 62.4 Å². The Balaban J connectivity index is 1.46. The van der Waals surface area contributed by atoms with E-state index in [2.05, 4.69) is 21.1 Å². The molecule has 0 aliphatic carbocycles. The molecule has 0 amide bonds. The summed E-state index contributed by atoms with van der Waals surface area (Å²) in [6.07, 6.45) is 5.51. The molecule has 2 N–H and O–H groups in total. The van der Waals surface area contributed by atoms with Gasteiger partial charge in [0, 0.05) is 24.8 Å². The number of amidine groups is 1. The smallest absolute Gasteiger partial charge is 0.171 e. The van der Waals surface area contributed by atoms with Crippen LogP contribution in [0.25, 0.3) is 0 Å². The Morgan fingerprint density at radius 1 is 1.11 bits per heavy atom. The highest BCUT2D eigenvalue weighted by atomic mass is 16.6. The fourth-order valence-corrected chi connectivity index (χ4v) is 3.07. The van der Waals surface area contributed by atoms with Crippen molar-refractivity contribution in [3.05, 3.63) is 53.2 Å². The van der Waals surface area contributed by atoms with E-state index in [4.69, 9.17) is 15.3 Å². The van der Waals surface area contributed by atoms with Crippen molar-refractivity contribution >= 4 is 11.7 Å². The molecular weight excluding hydrogens is 340 g/mol.